The van der Waals surface area contributed by atoms with Crippen molar-refractivity contribution < 1.29 is 14.4 Å². The van der Waals surface area contributed by atoms with E-state index in [0.717, 1.165) is 5.56 Å². The molecule has 0 atom stereocenters. The fourth-order valence-electron chi connectivity index (χ4n) is 2.86. The minimum Gasteiger partial charge on any atom is -0.339 e. The Balaban J connectivity index is 1.90. The number of anilines is 4. The van der Waals surface area contributed by atoms with Gasteiger partial charge in [0.05, 0.1) is 24.6 Å². The molecule has 0 fully saturated rings. The molecule has 1 heterocycles. The number of amides is 1. The monoisotopic (exact) mass is 462 g/mol. The molecule has 1 amide bonds. The van der Waals surface area contributed by atoms with Crippen molar-refractivity contribution in [3.8, 4) is 6.07 Å². The Bertz CT molecular complexity index is 1260. The van der Waals surface area contributed by atoms with Gasteiger partial charge in [0.15, 0.2) is 11.6 Å². The molecule has 3 rings (SSSR count). The number of aromatic nitrogens is 2. The van der Waals surface area contributed by atoms with E-state index < -0.39 is 5.91 Å². The lowest BCUT2D eigenvalue weighted by Crippen LogP contribution is -2.21. The smallest absolute Gasteiger partial charge is 0.274 e. The van der Waals surface area contributed by atoms with Gasteiger partial charge in [-0.2, -0.15) is 10.2 Å². The molecule has 0 bridgehead atoms. The van der Waals surface area contributed by atoms with Gasteiger partial charge in [0, 0.05) is 17.7 Å². The van der Waals surface area contributed by atoms with Crippen molar-refractivity contribution in [2.75, 3.05) is 17.7 Å². The average molecular weight is 463 g/mol. The summed E-state index contributed by atoms with van der Waals surface area (Å²) < 4.78 is 0. The lowest BCUT2D eigenvalue weighted by atomic mass is 10.1. The van der Waals surface area contributed by atoms with Crippen LogP contribution in [0.2, 0.25) is 5.02 Å². The average Bonchev–Trinajstić information content (AvgIpc) is 2.82. The lowest BCUT2D eigenvalue weighted by Gasteiger charge is -2.14. The van der Waals surface area contributed by atoms with E-state index in [-0.39, 0.29) is 34.3 Å². The fraction of sp³-hybridized carbons (Fsp3) is 0.0870. The van der Waals surface area contributed by atoms with E-state index in [0.29, 0.717) is 17.2 Å². The van der Waals surface area contributed by atoms with Crippen molar-refractivity contribution >= 4 is 46.4 Å². The summed E-state index contributed by atoms with van der Waals surface area (Å²) >= 11 is 6.28. The lowest BCUT2D eigenvalue weighted by molar-refractivity contribution is -0.114. The van der Waals surface area contributed by atoms with Gasteiger partial charge in [-0.3, -0.25) is 14.4 Å². The number of nitrogens with one attached hydrogen (secondary N) is 3. The van der Waals surface area contributed by atoms with Gasteiger partial charge >= 0.3 is 0 Å². The second-order valence-electron chi connectivity index (χ2n) is 6.65. The molecular weight excluding hydrogens is 444 g/mol. The SMILES string of the molecule is C=CC(=O)Cc1ccccc1Nc1nc(Nc2cc(C(=O)NOC)ccc2C#N)ncc1Cl. The van der Waals surface area contributed by atoms with Crippen LogP contribution in [-0.2, 0) is 16.1 Å². The molecule has 0 saturated heterocycles. The summed E-state index contributed by atoms with van der Waals surface area (Å²) in [5, 5.41) is 15.7. The minimum absolute atomic E-state index is 0.123. The molecule has 0 radical (unpaired) electrons. The Kier molecular flexibility index (Phi) is 7.70. The Morgan fingerprint density at radius 3 is 2.73 bits per heavy atom. The predicted molar refractivity (Wildman–Crippen MR) is 125 cm³/mol. The number of carbonyl (C=O) groups is 2. The maximum atomic E-state index is 12.0. The van der Waals surface area contributed by atoms with Gasteiger partial charge in [0.25, 0.3) is 5.91 Å². The summed E-state index contributed by atoms with van der Waals surface area (Å²) in [6.45, 7) is 3.50. The number of hydrogen-bond acceptors (Lipinski definition) is 8. The van der Waals surface area contributed by atoms with E-state index in [1.807, 2.05) is 24.3 Å². The summed E-state index contributed by atoms with van der Waals surface area (Å²) in [5.41, 5.74) is 4.49. The van der Waals surface area contributed by atoms with Crippen LogP contribution in [0.5, 0.6) is 0 Å². The second-order valence-corrected chi connectivity index (χ2v) is 7.06. The summed E-state index contributed by atoms with van der Waals surface area (Å²) in [7, 11) is 1.32. The zero-order valence-corrected chi connectivity index (χ0v) is 18.3. The van der Waals surface area contributed by atoms with Crippen LogP contribution in [0.1, 0.15) is 21.5 Å². The van der Waals surface area contributed by atoms with Crippen molar-refractivity contribution in [1.82, 2.24) is 15.4 Å². The van der Waals surface area contributed by atoms with Gasteiger partial charge in [-0.25, -0.2) is 10.5 Å². The topological polar surface area (TPSA) is 129 Å². The summed E-state index contributed by atoms with van der Waals surface area (Å²) in [6, 6.07) is 13.8. The highest BCUT2D eigenvalue weighted by molar-refractivity contribution is 6.33. The first-order chi connectivity index (χ1) is 15.9. The third-order valence-electron chi connectivity index (χ3n) is 4.45. The van der Waals surface area contributed by atoms with Crippen molar-refractivity contribution in [3.05, 3.63) is 83.0 Å². The number of halogens is 1. The number of para-hydroxylation sites is 1. The Hall–Kier alpha value is -4.26. The number of hydroxylamine groups is 1. The highest BCUT2D eigenvalue weighted by Gasteiger charge is 2.13. The largest absolute Gasteiger partial charge is 0.339 e. The standard InChI is InChI=1S/C23H19ClN6O3/c1-3-17(31)10-14-6-4-5-7-19(14)27-21-18(24)13-26-23(29-21)28-20-11-15(22(32)30-33-2)8-9-16(20)12-25/h3-9,11,13H,1,10H2,2H3,(H,30,32)(H2,26,27,28,29). The second kappa shape index (κ2) is 10.9. The first-order valence-corrected chi connectivity index (χ1v) is 10.00. The van der Waals surface area contributed by atoms with Gasteiger partial charge in [-0.05, 0) is 35.9 Å². The molecule has 0 aliphatic carbocycles. The number of rotatable bonds is 9. The molecule has 0 spiro atoms. The summed E-state index contributed by atoms with van der Waals surface area (Å²) in [4.78, 5) is 37.0. The van der Waals surface area contributed by atoms with E-state index in [1.54, 1.807) is 6.07 Å². The van der Waals surface area contributed by atoms with Gasteiger partial charge in [-0.15, -0.1) is 0 Å². The van der Waals surface area contributed by atoms with E-state index in [2.05, 4.69) is 37.5 Å². The molecule has 0 aliphatic rings. The van der Waals surface area contributed by atoms with Gasteiger partial charge < -0.3 is 10.6 Å². The minimum atomic E-state index is -0.477. The molecule has 9 nitrogen and oxygen atoms in total. The number of nitriles is 1. The van der Waals surface area contributed by atoms with Crippen LogP contribution < -0.4 is 16.1 Å². The number of carbonyl (C=O) groups excluding carboxylic acids is 2. The Labute approximate surface area is 195 Å². The molecule has 3 N–H and O–H groups in total. The zero-order chi connectivity index (χ0) is 23.8. The first-order valence-electron chi connectivity index (χ1n) is 9.62. The molecule has 0 saturated carbocycles. The molecule has 166 valence electrons. The van der Waals surface area contributed by atoms with E-state index >= 15 is 0 Å². The summed E-state index contributed by atoms with van der Waals surface area (Å²) in [5.74, 6) is -0.168. The zero-order valence-electron chi connectivity index (χ0n) is 17.6. The van der Waals surface area contributed by atoms with Crippen LogP contribution in [0.3, 0.4) is 0 Å². The first kappa shape index (κ1) is 23.4. The number of nitrogens with zero attached hydrogens (tertiary/aromatic N) is 3. The normalized spacial score (nSPS) is 10.1. The predicted octanol–water partition coefficient (Wildman–Crippen LogP) is 4.08. The third-order valence-corrected chi connectivity index (χ3v) is 4.73. The van der Waals surface area contributed by atoms with Crippen LogP contribution in [0, 0.1) is 11.3 Å². The van der Waals surface area contributed by atoms with Crippen LogP contribution in [0.25, 0.3) is 0 Å². The van der Waals surface area contributed by atoms with E-state index in [1.165, 1.54) is 37.6 Å². The number of hydrogen-bond donors (Lipinski definition) is 3. The third kappa shape index (κ3) is 5.92. The van der Waals surface area contributed by atoms with Crippen molar-refractivity contribution in [2.45, 2.75) is 6.42 Å². The van der Waals surface area contributed by atoms with E-state index in [9.17, 15) is 14.9 Å². The van der Waals surface area contributed by atoms with Gasteiger partial charge in [0.2, 0.25) is 5.95 Å². The molecule has 0 unspecified atom stereocenters. The number of allylic oxidation sites excluding steroid dienone is 1. The van der Waals surface area contributed by atoms with Crippen molar-refractivity contribution in [2.24, 2.45) is 0 Å². The number of benzene rings is 2. The molecule has 1 aromatic heterocycles. The maximum absolute atomic E-state index is 12.0. The van der Waals surface area contributed by atoms with Crippen LogP contribution in [0.15, 0.2) is 61.3 Å². The fourth-order valence-corrected chi connectivity index (χ4v) is 3.00. The van der Waals surface area contributed by atoms with Crippen molar-refractivity contribution in [1.29, 1.82) is 5.26 Å². The van der Waals surface area contributed by atoms with Crippen LogP contribution in [0.4, 0.5) is 23.1 Å². The molecule has 33 heavy (non-hydrogen) atoms. The molecule has 0 aliphatic heterocycles. The van der Waals surface area contributed by atoms with Crippen LogP contribution >= 0.6 is 11.6 Å². The van der Waals surface area contributed by atoms with Crippen LogP contribution in [-0.4, -0.2) is 28.8 Å². The maximum Gasteiger partial charge on any atom is 0.274 e. The molecular formula is C23H19ClN6O3. The molecule has 10 heteroatoms. The Morgan fingerprint density at radius 1 is 1.21 bits per heavy atom. The number of ketones is 1. The van der Waals surface area contributed by atoms with Gasteiger partial charge in [-0.1, -0.05) is 36.4 Å². The molecule has 3 aromatic rings. The Morgan fingerprint density at radius 2 is 2.00 bits per heavy atom. The summed E-state index contributed by atoms with van der Waals surface area (Å²) in [6.07, 6.45) is 2.83. The highest BCUT2D eigenvalue weighted by atomic mass is 35.5. The molecule has 2 aromatic carbocycles. The highest BCUT2D eigenvalue weighted by Crippen LogP contribution is 2.28. The van der Waals surface area contributed by atoms with Crippen molar-refractivity contribution in [3.63, 3.8) is 0 Å². The quantitative estimate of drug-likeness (QED) is 0.320. The van der Waals surface area contributed by atoms with Gasteiger partial charge in [0.1, 0.15) is 11.1 Å². The van der Waals surface area contributed by atoms with E-state index in [4.69, 9.17) is 11.6 Å².